The lowest BCUT2D eigenvalue weighted by atomic mass is 9.85. The highest BCUT2D eigenvalue weighted by Crippen LogP contribution is 2.38. The van der Waals surface area contributed by atoms with Crippen LogP contribution in [0.4, 0.5) is 11.4 Å². The molecule has 0 saturated heterocycles. The Kier molecular flexibility index (Phi) is 8.12. The first kappa shape index (κ1) is 22.5. The lowest BCUT2D eigenvalue weighted by Gasteiger charge is -2.20. The topological polar surface area (TPSA) is 86.3 Å². The normalized spacial score (nSPS) is 13.1. The van der Waals surface area contributed by atoms with Gasteiger partial charge in [-0.15, -0.1) is 0 Å². The largest absolute Gasteiger partial charge is 0.273 e. The van der Waals surface area contributed by atoms with Crippen molar-refractivity contribution in [3.8, 4) is 0 Å². The third kappa shape index (κ3) is 5.61. The lowest BCUT2D eigenvalue weighted by molar-refractivity contribution is -0.386. The van der Waals surface area contributed by atoms with Crippen LogP contribution in [0, 0.1) is 20.2 Å². The number of rotatable bonds is 9. The maximum atomic E-state index is 11.5. The van der Waals surface area contributed by atoms with Crippen LogP contribution in [0.5, 0.6) is 0 Å². The van der Waals surface area contributed by atoms with Crippen molar-refractivity contribution in [2.75, 3.05) is 0 Å². The Hall–Kier alpha value is -1.80. The highest BCUT2D eigenvalue weighted by atomic mass is 79.9. The van der Waals surface area contributed by atoms with Gasteiger partial charge in [-0.1, -0.05) is 64.3 Å². The fourth-order valence-corrected chi connectivity index (χ4v) is 4.22. The maximum absolute atomic E-state index is 11.5. The predicted octanol–water partition coefficient (Wildman–Crippen LogP) is 7.50. The minimum Gasteiger partial charge on any atom is -0.258 e. The van der Waals surface area contributed by atoms with Gasteiger partial charge in [0.15, 0.2) is 0 Å². The highest BCUT2D eigenvalue weighted by molar-refractivity contribution is 9.10. The standard InChI is InChI=1S/C20H22Br2N2O4/c1-3-4-14(18-10-8-16(22)12-20(18)24(27)28)6-5-13(2)17-9-7-15(21)11-19(17)23(25)26/h7-14H,3-6H2,1-2H3. The molecule has 2 aromatic carbocycles. The van der Waals surface area contributed by atoms with Gasteiger partial charge in [-0.3, -0.25) is 20.2 Å². The summed E-state index contributed by atoms with van der Waals surface area (Å²) < 4.78 is 1.35. The average Bonchev–Trinajstić information content (AvgIpc) is 2.64. The minimum atomic E-state index is -0.361. The van der Waals surface area contributed by atoms with Gasteiger partial charge in [0.1, 0.15) is 0 Å². The zero-order chi connectivity index (χ0) is 20.8. The van der Waals surface area contributed by atoms with Gasteiger partial charge in [0.05, 0.1) is 9.85 Å². The van der Waals surface area contributed by atoms with Crippen molar-refractivity contribution in [1.82, 2.24) is 0 Å². The SMILES string of the molecule is CCCC(CCC(C)c1ccc(Br)cc1[N+](=O)[O-])c1ccc(Br)cc1[N+](=O)[O-]. The van der Waals surface area contributed by atoms with Crippen LogP contribution in [0.3, 0.4) is 0 Å². The number of hydrogen-bond acceptors (Lipinski definition) is 4. The number of nitrogens with zero attached hydrogens (tertiary/aromatic N) is 2. The fraction of sp³-hybridized carbons (Fsp3) is 0.400. The Morgan fingerprint density at radius 3 is 1.86 bits per heavy atom. The number of nitro benzene ring substituents is 2. The van der Waals surface area contributed by atoms with Crippen molar-refractivity contribution >= 4 is 43.2 Å². The summed E-state index contributed by atoms with van der Waals surface area (Å²) in [6.45, 7) is 4.02. The van der Waals surface area contributed by atoms with Crippen molar-refractivity contribution in [3.63, 3.8) is 0 Å². The summed E-state index contributed by atoms with van der Waals surface area (Å²) in [5, 5.41) is 22.9. The minimum absolute atomic E-state index is 0.0256. The summed E-state index contributed by atoms with van der Waals surface area (Å²) in [6.07, 6.45) is 3.17. The van der Waals surface area contributed by atoms with Crippen LogP contribution in [0.1, 0.15) is 62.5 Å². The van der Waals surface area contributed by atoms with E-state index in [0.29, 0.717) is 20.9 Å². The zero-order valence-electron chi connectivity index (χ0n) is 15.7. The molecule has 150 valence electrons. The molecular formula is C20H22Br2N2O4. The van der Waals surface area contributed by atoms with Crippen molar-refractivity contribution in [2.45, 2.75) is 51.4 Å². The van der Waals surface area contributed by atoms with Crippen LogP contribution in [0.25, 0.3) is 0 Å². The smallest absolute Gasteiger partial charge is 0.258 e. The van der Waals surface area contributed by atoms with E-state index in [4.69, 9.17) is 0 Å². The van der Waals surface area contributed by atoms with E-state index < -0.39 is 0 Å². The monoisotopic (exact) mass is 512 g/mol. The summed E-state index contributed by atoms with van der Waals surface area (Å²) in [7, 11) is 0. The summed E-state index contributed by atoms with van der Waals surface area (Å²) in [4.78, 5) is 22.2. The van der Waals surface area contributed by atoms with E-state index in [2.05, 4.69) is 38.8 Å². The van der Waals surface area contributed by atoms with E-state index in [-0.39, 0.29) is 33.1 Å². The van der Waals surface area contributed by atoms with Gasteiger partial charge in [0, 0.05) is 32.2 Å². The molecule has 0 aliphatic heterocycles. The summed E-state index contributed by atoms with van der Waals surface area (Å²) in [5.41, 5.74) is 1.64. The third-order valence-electron chi connectivity index (χ3n) is 4.93. The Bertz CT molecular complexity index is 873. The van der Waals surface area contributed by atoms with Crippen molar-refractivity contribution in [1.29, 1.82) is 0 Å². The van der Waals surface area contributed by atoms with Crippen LogP contribution in [0.15, 0.2) is 45.3 Å². The highest BCUT2D eigenvalue weighted by Gasteiger charge is 2.24. The van der Waals surface area contributed by atoms with Gasteiger partial charge in [-0.25, -0.2) is 0 Å². The van der Waals surface area contributed by atoms with Crippen molar-refractivity contribution < 1.29 is 9.85 Å². The van der Waals surface area contributed by atoms with Crippen molar-refractivity contribution in [3.05, 3.63) is 76.7 Å². The van der Waals surface area contributed by atoms with Gasteiger partial charge in [-0.2, -0.15) is 0 Å². The Morgan fingerprint density at radius 1 is 0.857 bits per heavy atom. The predicted molar refractivity (Wildman–Crippen MR) is 117 cm³/mol. The summed E-state index contributed by atoms with van der Waals surface area (Å²) in [6, 6.07) is 10.3. The molecule has 0 fully saturated rings. The number of halogens is 2. The quantitative estimate of drug-likeness (QED) is 0.256. The van der Waals surface area contributed by atoms with Crippen molar-refractivity contribution in [2.24, 2.45) is 0 Å². The summed E-state index contributed by atoms with van der Waals surface area (Å²) in [5.74, 6) is 0.0119. The van der Waals surface area contributed by atoms with E-state index in [9.17, 15) is 20.2 Å². The molecule has 2 atom stereocenters. The molecule has 28 heavy (non-hydrogen) atoms. The molecule has 2 aromatic rings. The van der Waals surface area contributed by atoms with E-state index in [1.165, 1.54) is 6.07 Å². The van der Waals surface area contributed by atoms with Gasteiger partial charge < -0.3 is 0 Å². The lowest BCUT2D eigenvalue weighted by Crippen LogP contribution is -2.06. The molecule has 0 aliphatic rings. The van der Waals surface area contributed by atoms with E-state index in [1.807, 2.05) is 25.1 Å². The Balaban J connectivity index is 2.25. The molecule has 0 heterocycles. The molecule has 0 bridgehead atoms. The van der Waals surface area contributed by atoms with Gasteiger partial charge >= 0.3 is 0 Å². The second-order valence-corrected chi connectivity index (χ2v) is 8.72. The molecule has 0 aromatic heterocycles. The van der Waals surface area contributed by atoms with Crippen LogP contribution >= 0.6 is 31.9 Å². The molecule has 0 aliphatic carbocycles. The van der Waals surface area contributed by atoms with E-state index in [0.717, 1.165) is 24.8 Å². The Morgan fingerprint density at radius 2 is 1.36 bits per heavy atom. The molecule has 2 rings (SSSR count). The Labute approximate surface area is 180 Å². The average molecular weight is 514 g/mol. The molecule has 0 radical (unpaired) electrons. The molecule has 0 N–H and O–H groups in total. The molecule has 6 nitrogen and oxygen atoms in total. The number of benzene rings is 2. The zero-order valence-corrected chi connectivity index (χ0v) is 18.9. The summed E-state index contributed by atoms with van der Waals surface area (Å²) >= 11 is 6.58. The van der Waals surface area contributed by atoms with Crippen LogP contribution < -0.4 is 0 Å². The molecule has 0 spiro atoms. The van der Waals surface area contributed by atoms with Crippen LogP contribution in [-0.2, 0) is 0 Å². The second-order valence-electron chi connectivity index (χ2n) is 6.88. The first-order chi connectivity index (χ1) is 13.2. The molecular weight excluding hydrogens is 492 g/mol. The van der Waals surface area contributed by atoms with Gasteiger partial charge in [0.25, 0.3) is 11.4 Å². The third-order valence-corrected chi connectivity index (χ3v) is 5.92. The molecule has 0 saturated carbocycles. The van der Waals surface area contributed by atoms with Gasteiger partial charge in [-0.05, 0) is 43.2 Å². The van der Waals surface area contributed by atoms with E-state index in [1.54, 1.807) is 12.1 Å². The van der Waals surface area contributed by atoms with E-state index >= 15 is 0 Å². The first-order valence-electron chi connectivity index (χ1n) is 9.12. The number of hydrogen-bond donors (Lipinski definition) is 0. The molecule has 8 heteroatoms. The molecule has 0 amide bonds. The van der Waals surface area contributed by atoms with Crippen LogP contribution in [0.2, 0.25) is 0 Å². The van der Waals surface area contributed by atoms with Crippen LogP contribution in [-0.4, -0.2) is 9.85 Å². The molecule has 2 unspecified atom stereocenters. The van der Waals surface area contributed by atoms with Gasteiger partial charge in [0.2, 0.25) is 0 Å². The number of nitro groups is 2. The second kappa shape index (κ2) is 10.1. The maximum Gasteiger partial charge on any atom is 0.273 e. The first-order valence-corrected chi connectivity index (χ1v) is 10.7. The fourth-order valence-electron chi connectivity index (χ4n) is 3.52.